The lowest BCUT2D eigenvalue weighted by Gasteiger charge is -2.26. The van der Waals surface area contributed by atoms with Crippen LogP contribution in [0, 0.1) is 23.0 Å². The van der Waals surface area contributed by atoms with Crippen molar-refractivity contribution in [1.29, 1.82) is 0 Å². The first kappa shape index (κ1) is 33.1. The highest BCUT2D eigenvalue weighted by Gasteiger charge is 2.64. The number of pyridine rings is 1. The van der Waals surface area contributed by atoms with Gasteiger partial charge in [-0.1, -0.05) is 6.92 Å². The fourth-order valence-corrected chi connectivity index (χ4v) is 6.01. The molecule has 2 heterocycles. The number of aromatic nitrogens is 1. The van der Waals surface area contributed by atoms with Crippen LogP contribution in [0.25, 0.3) is 10.9 Å². The van der Waals surface area contributed by atoms with E-state index in [-0.39, 0.29) is 17.4 Å². The van der Waals surface area contributed by atoms with Gasteiger partial charge in [-0.15, -0.1) is 0 Å². The fourth-order valence-electron chi connectivity index (χ4n) is 6.01. The van der Waals surface area contributed by atoms with Crippen molar-refractivity contribution in [2.24, 2.45) is 11.3 Å². The fraction of sp³-hybridized carbons (Fsp3) is 0.361. The summed E-state index contributed by atoms with van der Waals surface area (Å²) >= 11 is 0. The summed E-state index contributed by atoms with van der Waals surface area (Å²) in [4.78, 5) is 34.9. The molecule has 0 unspecified atom stereocenters. The number of amides is 2. The second-order valence-corrected chi connectivity index (χ2v) is 12.1. The zero-order valence-corrected chi connectivity index (χ0v) is 27.1. The van der Waals surface area contributed by atoms with Crippen molar-refractivity contribution in [3.05, 3.63) is 78.5 Å². The number of carbonyl (C=O) groups excluding carboxylic acids is 2. The van der Waals surface area contributed by atoms with Gasteiger partial charge in [0.15, 0.2) is 23.1 Å². The number of hydrogen-bond donors (Lipinski definition) is 1. The van der Waals surface area contributed by atoms with E-state index in [1.165, 1.54) is 48.3 Å². The summed E-state index contributed by atoms with van der Waals surface area (Å²) in [7, 11) is 3.05. The summed E-state index contributed by atoms with van der Waals surface area (Å²) in [5.41, 5.74) is -0.0849. The van der Waals surface area contributed by atoms with Crippen LogP contribution < -0.4 is 24.4 Å². The number of carbonyl (C=O) groups is 2. The Balaban J connectivity index is 1.14. The molecule has 1 saturated carbocycles. The van der Waals surface area contributed by atoms with Gasteiger partial charge < -0.3 is 29.2 Å². The molecule has 2 aliphatic rings. The highest BCUT2D eigenvalue weighted by Crippen LogP contribution is 2.54. The SMILES string of the molecule is COc1cc2c(Oc3ccc(N(C)C(=O)[C@@]4(C(=O)Nc5ccc(F)cc5)C[C@H]4C)cc3F)ccnc2cc1OCCCN1CCOCC1. The number of ether oxygens (including phenoxy) is 4. The van der Waals surface area contributed by atoms with E-state index in [1.54, 1.807) is 37.6 Å². The van der Waals surface area contributed by atoms with E-state index in [9.17, 15) is 14.0 Å². The molecule has 0 spiro atoms. The highest BCUT2D eigenvalue weighted by atomic mass is 19.1. The zero-order valence-electron chi connectivity index (χ0n) is 27.1. The summed E-state index contributed by atoms with van der Waals surface area (Å²) in [6.07, 6.45) is 2.75. The molecule has 4 aromatic rings. The van der Waals surface area contributed by atoms with Crippen LogP contribution in [0.4, 0.5) is 20.2 Å². The Morgan fingerprint density at radius 1 is 1.02 bits per heavy atom. The third kappa shape index (κ3) is 6.90. The second-order valence-electron chi connectivity index (χ2n) is 12.1. The van der Waals surface area contributed by atoms with Crippen LogP contribution in [0.1, 0.15) is 19.8 Å². The average Bonchev–Trinajstić information content (AvgIpc) is 3.79. The van der Waals surface area contributed by atoms with Gasteiger partial charge in [0, 0.05) is 61.8 Å². The van der Waals surface area contributed by atoms with Crippen molar-refractivity contribution in [2.75, 3.05) is 63.8 Å². The number of anilines is 2. The van der Waals surface area contributed by atoms with E-state index >= 15 is 4.39 Å². The molecule has 1 saturated heterocycles. The molecule has 1 aromatic heterocycles. The molecule has 252 valence electrons. The minimum atomic E-state index is -1.31. The van der Waals surface area contributed by atoms with Gasteiger partial charge in [0.05, 0.1) is 32.4 Å². The maximum atomic E-state index is 15.5. The van der Waals surface area contributed by atoms with E-state index < -0.39 is 28.9 Å². The van der Waals surface area contributed by atoms with E-state index in [0.29, 0.717) is 46.9 Å². The monoisotopic (exact) mass is 660 g/mol. The number of hydrogen-bond acceptors (Lipinski definition) is 8. The van der Waals surface area contributed by atoms with Gasteiger partial charge in [-0.3, -0.25) is 19.5 Å². The topological polar surface area (TPSA) is 102 Å². The smallest absolute Gasteiger partial charge is 0.242 e. The summed E-state index contributed by atoms with van der Waals surface area (Å²) in [5.74, 6) is -0.960. The van der Waals surface area contributed by atoms with Crippen molar-refractivity contribution in [3.8, 4) is 23.0 Å². The van der Waals surface area contributed by atoms with Gasteiger partial charge in [-0.2, -0.15) is 0 Å². The molecule has 6 rings (SSSR count). The lowest BCUT2D eigenvalue weighted by Crippen LogP contribution is -2.42. The molecule has 3 aromatic carbocycles. The molecular weight excluding hydrogens is 622 g/mol. The second kappa shape index (κ2) is 14.1. The molecule has 0 radical (unpaired) electrons. The summed E-state index contributed by atoms with van der Waals surface area (Å²) < 4.78 is 51.9. The minimum absolute atomic E-state index is 0.0574. The van der Waals surface area contributed by atoms with Crippen molar-refractivity contribution in [1.82, 2.24) is 9.88 Å². The van der Waals surface area contributed by atoms with Crippen LogP contribution in [0.5, 0.6) is 23.0 Å². The Morgan fingerprint density at radius 3 is 2.46 bits per heavy atom. The molecule has 2 atom stereocenters. The minimum Gasteiger partial charge on any atom is -0.493 e. The standard InChI is InChI=1S/C36H38F2N4O6/c1-23-22-36(23,34(43)40-25-7-5-24(37)6-8-25)35(44)41(2)26-9-10-31(28(38)19-26)48-30-11-12-39-29-21-33(32(45-3)20-27(29)30)47-16-4-13-42-14-17-46-18-15-42/h5-12,19-21,23H,4,13-18,22H2,1-3H3,(H,40,43)/t23-,36+/m1/s1. The maximum Gasteiger partial charge on any atom is 0.242 e. The van der Waals surface area contributed by atoms with Crippen molar-refractivity contribution in [2.45, 2.75) is 19.8 Å². The van der Waals surface area contributed by atoms with Crippen LogP contribution >= 0.6 is 0 Å². The van der Waals surface area contributed by atoms with Gasteiger partial charge in [0.1, 0.15) is 17.0 Å². The molecule has 12 heteroatoms. The Kier molecular flexibility index (Phi) is 9.74. The molecule has 2 fully saturated rings. The van der Waals surface area contributed by atoms with Gasteiger partial charge in [-0.25, -0.2) is 8.78 Å². The lowest BCUT2D eigenvalue weighted by molar-refractivity contribution is -0.133. The third-order valence-corrected chi connectivity index (χ3v) is 8.99. The third-order valence-electron chi connectivity index (χ3n) is 8.99. The predicted molar refractivity (Wildman–Crippen MR) is 177 cm³/mol. The quantitative estimate of drug-likeness (QED) is 0.145. The number of nitrogens with zero attached hydrogens (tertiary/aromatic N) is 3. The van der Waals surface area contributed by atoms with Gasteiger partial charge >= 0.3 is 0 Å². The van der Waals surface area contributed by atoms with E-state index in [1.807, 2.05) is 6.92 Å². The van der Waals surface area contributed by atoms with Gasteiger partial charge in [0.2, 0.25) is 11.8 Å². The van der Waals surface area contributed by atoms with Crippen LogP contribution in [-0.4, -0.2) is 75.3 Å². The van der Waals surface area contributed by atoms with Crippen LogP contribution in [0.2, 0.25) is 0 Å². The predicted octanol–water partition coefficient (Wildman–Crippen LogP) is 6.04. The first-order valence-electron chi connectivity index (χ1n) is 15.9. The van der Waals surface area contributed by atoms with E-state index in [4.69, 9.17) is 18.9 Å². The number of methoxy groups -OCH3 is 1. The van der Waals surface area contributed by atoms with Crippen molar-refractivity contribution in [3.63, 3.8) is 0 Å². The largest absolute Gasteiger partial charge is 0.493 e. The van der Waals surface area contributed by atoms with E-state index in [2.05, 4.69) is 15.2 Å². The molecule has 1 N–H and O–H groups in total. The Bertz CT molecular complexity index is 1800. The number of nitrogens with one attached hydrogen (secondary N) is 1. The highest BCUT2D eigenvalue weighted by molar-refractivity contribution is 6.18. The molecule has 1 aliphatic heterocycles. The molecular formula is C36H38F2N4O6. The maximum absolute atomic E-state index is 15.5. The number of halogens is 2. The summed E-state index contributed by atoms with van der Waals surface area (Å²) in [5, 5.41) is 3.31. The Labute approximate surface area is 277 Å². The average molecular weight is 661 g/mol. The van der Waals surface area contributed by atoms with Crippen LogP contribution in [0.3, 0.4) is 0 Å². The molecule has 1 aliphatic carbocycles. The first-order chi connectivity index (χ1) is 23.2. The van der Waals surface area contributed by atoms with Crippen molar-refractivity contribution < 1.29 is 37.3 Å². The summed E-state index contributed by atoms with van der Waals surface area (Å²) in [6, 6.07) is 14.7. The van der Waals surface area contributed by atoms with Crippen molar-refractivity contribution >= 4 is 34.1 Å². The van der Waals surface area contributed by atoms with Gasteiger partial charge in [0.25, 0.3) is 0 Å². The zero-order chi connectivity index (χ0) is 33.8. The Hall–Kier alpha value is -4.81. The normalized spacial score (nSPS) is 19.1. The number of fused-ring (bicyclic) bond motifs is 1. The number of rotatable bonds is 12. The lowest BCUT2D eigenvalue weighted by atomic mass is 10.00. The summed E-state index contributed by atoms with van der Waals surface area (Å²) in [6.45, 7) is 6.57. The number of morpholine rings is 1. The molecule has 2 amide bonds. The number of benzene rings is 3. The van der Waals surface area contributed by atoms with Crippen LogP contribution in [0.15, 0.2) is 66.9 Å². The molecule has 0 bridgehead atoms. The van der Waals surface area contributed by atoms with Crippen LogP contribution in [-0.2, 0) is 14.3 Å². The molecule has 10 nitrogen and oxygen atoms in total. The molecule has 48 heavy (non-hydrogen) atoms. The van der Waals surface area contributed by atoms with E-state index in [0.717, 1.165) is 39.3 Å². The Morgan fingerprint density at radius 2 is 1.77 bits per heavy atom. The van der Waals surface area contributed by atoms with Gasteiger partial charge in [-0.05, 0) is 67.3 Å². The first-order valence-corrected chi connectivity index (χ1v) is 15.9.